The van der Waals surface area contributed by atoms with E-state index in [9.17, 15) is 14.3 Å². The molecular formula is C18H20FNO2. The molecule has 0 aromatic heterocycles. The van der Waals surface area contributed by atoms with E-state index >= 15 is 0 Å². The fourth-order valence-electron chi connectivity index (χ4n) is 2.43. The van der Waals surface area contributed by atoms with Crippen LogP contribution < -0.4 is 4.90 Å². The van der Waals surface area contributed by atoms with Gasteiger partial charge in [0.25, 0.3) is 0 Å². The van der Waals surface area contributed by atoms with Gasteiger partial charge in [0.05, 0.1) is 5.92 Å². The van der Waals surface area contributed by atoms with Gasteiger partial charge in [0, 0.05) is 18.8 Å². The number of anilines is 1. The molecule has 2 rings (SSSR count). The minimum Gasteiger partial charge on any atom is -0.481 e. The molecule has 0 aliphatic carbocycles. The van der Waals surface area contributed by atoms with Gasteiger partial charge in [-0.25, -0.2) is 4.39 Å². The molecule has 4 heteroatoms. The third-order valence-corrected chi connectivity index (χ3v) is 3.63. The summed E-state index contributed by atoms with van der Waals surface area (Å²) in [5.74, 6) is -1.63. The Hall–Kier alpha value is -2.36. The van der Waals surface area contributed by atoms with Crippen LogP contribution in [0.15, 0.2) is 48.5 Å². The summed E-state index contributed by atoms with van der Waals surface area (Å²) in [6.45, 7) is 4.51. The van der Waals surface area contributed by atoms with E-state index in [0.717, 1.165) is 16.8 Å². The van der Waals surface area contributed by atoms with E-state index < -0.39 is 11.9 Å². The molecule has 0 amide bonds. The lowest BCUT2D eigenvalue weighted by Gasteiger charge is -2.28. The molecule has 116 valence electrons. The maximum Gasteiger partial charge on any atom is 0.308 e. The third kappa shape index (κ3) is 4.07. The van der Waals surface area contributed by atoms with E-state index in [-0.39, 0.29) is 5.82 Å². The van der Waals surface area contributed by atoms with E-state index in [1.807, 2.05) is 42.2 Å². The number of carboxylic acids is 1. The van der Waals surface area contributed by atoms with E-state index in [1.54, 1.807) is 13.0 Å². The summed E-state index contributed by atoms with van der Waals surface area (Å²) < 4.78 is 13.4. The highest BCUT2D eigenvalue weighted by Crippen LogP contribution is 2.23. The fraction of sp³-hybridized carbons (Fsp3) is 0.278. The Morgan fingerprint density at radius 2 is 1.95 bits per heavy atom. The van der Waals surface area contributed by atoms with Crippen molar-refractivity contribution < 1.29 is 14.3 Å². The molecule has 2 aromatic rings. The van der Waals surface area contributed by atoms with Crippen LogP contribution in [0.1, 0.15) is 18.1 Å². The number of hydrogen-bond donors (Lipinski definition) is 1. The van der Waals surface area contributed by atoms with E-state index in [0.29, 0.717) is 13.1 Å². The summed E-state index contributed by atoms with van der Waals surface area (Å²) in [7, 11) is 0. The zero-order valence-corrected chi connectivity index (χ0v) is 12.8. The van der Waals surface area contributed by atoms with Gasteiger partial charge in [-0.3, -0.25) is 4.79 Å². The second-order valence-corrected chi connectivity index (χ2v) is 5.54. The van der Waals surface area contributed by atoms with Gasteiger partial charge in [-0.05, 0) is 36.2 Å². The first-order chi connectivity index (χ1) is 10.5. The van der Waals surface area contributed by atoms with Crippen molar-refractivity contribution in [1.82, 2.24) is 0 Å². The van der Waals surface area contributed by atoms with Gasteiger partial charge in [0.15, 0.2) is 0 Å². The molecule has 1 N–H and O–H groups in total. The van der Waals surface area contributed by atoms with Crippen molar-refractivity contribution in [3.63, 3.8) is 0 Å². The number of para-hydroxylation sites is 1. The number of rotatable bonds is 6. The van der Waals surface area contributed by atoms with Gasteiger partial charge in [0.2, 0.25) is 0 Å². The van der Waals surface area contributed by atoms with Crippen molar-refractivity contribution in [3.05, 3.63) is 65.5 Å². The molecule has 0 radical (unpaired) electrons. The molecule has 0 heterocycles. The normalized spacial score (nSPS) is 12.0. The van der Waals surface area contributed by atoms with Crippen molar-refractivity contribution in [2.45, 2.75) is 20.4 Å². The first-order valence-electron chi connectivity index (χ1n) is 7.25. The number of carboxylic acid groups (broad SMARTS) is 1. The second kappa shape index (κ2) is 7.07. The van der Waals surface area contributed by atoms with Gasteiger partial charge < -0.3 is 10.0 Å². The van der Waals surface area contributed by atoms with E-state index in [2.05, 4.69) is 0 Å². The van der Waals surface area contributed by atoms with E-state index in [1.165, 1.54) is 12.1 Å². The number of halogens is 1. The predicted octanol–water partition coefficient (Wildman–Crippen LogP) is 3.86. The Kier molecular flexibility index (Phi) is 5.15. The quantitative estimate of drug-likeness (QED) is 0.880. The number of aryl methyl sites for hydroxylation is 1. The van der Waals surface area contributed by atoms with Crippen molar-refractivity contribution in [1.29, 1.82) is 0 Å². The minimum atomic E-state index is -0.835. The van der Waals surface area contributed by atoms with Crippen molar-refractivity contribution >= 4 is 11.7 Å². The molecule has 0 bridgehead atoms. The van der Waals surface area contributed by atoms with Crippen LogP contribution in [0.5, 0.6) is 0 Å². The van der Waals surface area contributed by atoms with Crippen molar-refractivity contribution in [2.24, 2.45) is 5.92 Å². The van der Waals surface area contributed by atoms with Crippen LogP contribution in [0.2, 0.25) is 0 Å². The molecule has 0 spiro atoms. The highest BCUT2D eigenvalue weighted by molar-refractivity contribution is 5.70. The predicted molar refractivity (Wildman–Crippen MR) is 85.4 cm³/mol. The maximum atomic E-state index is 13.4. The van der Waals surface area contributed by atoms with Gasteiger partial charge >= 0.3 is 5.97 Å². The van der Waals surface area contributed by atoms with Crippen molar-refractivity contribution in [2.75, 3.05) is 11.4 Å². The summed E-state index contributed by atoms with van der Waals surface area (Å²) in [5.41, 5.74) is 2.86. The lowest BCUT2D eigenvalue weighted by Crippen LogP contribution is -2.32. The zero-order chi connectivity index (χ0) is 16.1. The van der Waals surface area contributed by atoms with Gasteiger partial charge in [-0.15, -0.1) is 0 Å². The SMILES string of the molecule is Cc1ccccc1N(Cc1cccc(F)c1)CC(C)C(=O)O. The lowest BCUT2D eigenvalue weighted by atomic mass is 10.1. The Morgan fingerprint density at radius 3 is 2.59 bits per heavy atom. The summed E-state index contributed by atoms with van der Waals surface area (Å²) in [6, 6.07) is 14.2. The molecule has 1 atom stereocenters. The standard InChI is InChI=1S/C18H20FNO2/c1-13-6-3-4-9-17(13)20(11-14(2)18(21)22)12-15-7-5-8-16(19)10-15/h3-10,14H,11-12H2,1-2H3,(H,21,22). The van der Waals surface area contributed by atoms with Crippen LogP contribution in [0.4, 0.5) is 10.1 Å². The summed E-state index contributed by atoms with van der Waals surface area (Å²) in [5, 5.41) is 9.17. The highest BCUT2D eigenvalue weighted by atomic mass is 19.1. The molecule has 0 saturated carbocycles. The van der Waals surface area contributed by atoms with Crippen LogP contribution in [-0.2, 0) is 11.3 Å². The largest absolute Gasteiger partial charge is 0.481 e. The fourth-order valence-corrected chi connectivity index (χ4v) is 2.43. The number of carbonyl (C=O) groups is 1. The minimum absolute atomic E-state index is 0.284. The Labute approximate surface area is 130 Å². The second-order valence-electron chi connectivity index (χ2n) is 5.54. The summed E-state index contributed by atoms with van der Waals surface area (Å²) in [4.78, 5) is 13.2. The summed E-state index contributed by atoms with van der Waals surface area (Å²) >= 11 is 0. The molecule has 2 aromatic carbocycles. The lowest BCUT2D eigenvalue weighted by molar-refractivity contribution is -0.140. The zero-order valence-electron chi connectivity index (χ0n) is 12.8. The Balaban J connectivity index is 2.29. The number of hydrogen-bond acceptors (Lipinski definition) is 2. The number of aliphatic carboxylic acids is 1. The van der Waals surface area contributed by atoms with Crippen LogP contribution in [0.3, 0.4) is 0 Å². The Morgan fingerprint density at radius 1 is 1.23 bits per heavy atom. The molecular weight excluding hydrogens is 281 g/mol. The molecule has 0 saturated heterocycles. The first kappa shape index (κ1) is 16.0. The molecule has 22 heavy (non-hydrogen) atoms. The molecule has 0 fully saturated rings. The van der Waals surface area contributed by atoms with Gasteiger partial charge in [0.1, 0.15) is 5.82 Å². The molecule has 1 unspecified atom stereocenters. The highest BCUT2D eigenvalue weighted by Gasteiger charge is 2.18. The van der Waals surface area contributed by atoms with Gasteiger partial charge in [-0.2, -0.15) is 0 Å². The first-order valence-corrected chi connectivity index (χ1v) is 7.25. The molecule has 0 aliphatic rings. The van der Waals surface area contributed by atoms with Crippen molar-refractivity contribution in [3.8, 4) is 0 Å². The average molecular weight is 301 g/mol. The summed E-state index contributed by atoms with van der Waals surface area (Å²) in [6.07, 6.45) is 0. The monoisotopic (exact) mass is 301 g/mol. The third-order valence-electron chi connectivity index (χ3n) is 3.63. The molecule has 0 aliphatic heterocycles. The van der Waals surface area contributed by atoms with Crippen LogP contribution in [0, 0.1) is 18.7 Å². The molecule has 3 nitrogen and oxygen atoms in total. The topological polar surface area (TPSA) is 40.5 Å². The van der Waals surface area contributed by atoms with Crippen LogP contribution in [0.25, 0.3) is 0 Å². The number of nitrogens with zero attached hydrogens (tertiary/aromatic N) is 1. The van der Waals surface area contributed by atoms with Gasteiger partial charge in [-0.1, -0.05) is 37.3 Å². The van der Waals surface area contributed by atoms with E-state index in [4.69, 9.17) is 0 Å². The number of benzene rings is 2. The maximum absolute atomic E-state index is 13.4. The smallest absolute Gasteiger partial charge is 0.308 e. The Bertz CT molecular complexity index is 657. The average Bonchev–Trinajstić information content (AvgIpc) is 2.47. The van der Waals surface area contributed by atoms with Crippen LogP contribution >= 0.6 is 0 Å². The van der Waals surface area contributed by atoms with Crippen LogP contribution in [-0.4, -0.2) is 17.6 Å².